The van der Waals surface area contributed by atoms with Crippen molar-refractivity contribution in [2.45, 2.75) is 45.7 Å². The lowest BCUT2D eigenvalue weighted by molar-refractivity contribution is -0.122. The van der Waals surface area contributed by atoms with Crippen molar-refractivity contribution in [3.8, 4) is 0 Å². The fraction of sp³-hybridized carbons (Fsp3) is 0.467. The fourth-order valence-electron chi connectivity index (χ4n) is 2.65. The minimum absolute atomic E-state index is 0.0440. The maximum Gasteiger partial charge on any atom is 0.255 e. The van der Waals surface area contributed by atoms with Crippen molar-refractivity contribution in [3.05, 3.63) is 34.6 Å². The van der Waals surface area contributed by atoms with Gasteiger partial charge in [0.15, 0.2) is 0 Å². The van der Waals surface area contributed by atoms with Gasteiger partial charge in [0.1, 0.15) is 11.9 Å². The molecule has 1 aliphatic rings. The Balaban J connectivity index is 2.40. The van der Waals surface area contributed by atoms with Gasteiger partial charge < -0.3 is 10.6 Å². The molecule has 108 valence electrons. The second-order valence-corrected chi connectivity index (χ2v) is 5.45. The number of carbonyl (C=O) groups is 2. The second-order valence-electron chi connectivity index (χ2n) is 5.45. The van der Waals surface area contributed by atoms with Gasteiger partial charge in [0.05, 0.1) is 0 Å². The van der Waals surface area contributed by atoms with Gasteiger partial charge >= 0.3 is 0 Å². The largest absolute Gasteiger partial charge is 0.368 e. The molecule has 0 saturated carbocycles. The van der Waals surface area contributed by atoms with Crippen LogP contribution in [0.5, 0.6) is 0 Å². The van der Waals surface area contributed by atoms with Gasteiger partial charge in [-0.3, -0.25) is 9.59 Å². The first-order valence-corrected chi connectivity index (χ1v) is 6.79. The van der Waals surface area contributed by atoms with E-state index in [0.29, 0.717) is 24.1 Å². The van der Waals surface area contributed by atoms with Gasteiger partial charge in [-0.2, -0.15) is 0 Å². The van der Waals surface area contributed by atoms with Crippen molar-refractivity contribution in [2.24, 2.45) is 5.73 Å². The predicted molar refractivity (Wildman–Crippen MR) is 73.6 cm³/mol. The Morgan fingerprint density at radius 2 is 2.10 bits per heavy atom. The zero-order valence-corrected chi connectivity index (χ0v) is 11.9. The summed E-state index contributed by atoms with van der Waals surface area (Å²) in [6.45, 7) is 5.91. The number of nitrogens with zero attached hydrogens (tertiary/aromatic N) is 1. The summed E-state index contributed by atoms with van der Waals surface area (Å²) in [4.78, 5) is 25.1. The van der Waals surface area contributed by atoms with Crippen molar-refractivity contribution in [2.75, 3.05) is 0 Å². The van der Waals surface area contributed by atoms with Gasteiger partial charge in [0.2, 0.25) is 5.91 Å². The number of primary amides is 1. The number of hydrogen-bond acceptors (Lipinski definition) is 2. The third kappa shape index (κ3) is 2.28. The molecule has 4 nitrogen and oxygen atoms in total. The molecular formula is C15H19FN2O2. The molecule has 2 rings (SSSR count). The fourth-order valence-corrected chi connectivity index (χ4v) is 2.65. The average molecular weight is 278 g/mol. The summed E-state index contributed by atoms with van der Waals surface area (Å²) in [6.07, 6.45) is 0.453. The molecule has 1 aromatic carbocycles. The highest BCUT2D eigenvalue weighted by molar-refractivity contribution is 6.01. The molecule has 0 spiro atoms. The zero-order valence-electron chi connectivity index (χ0n) is 11.9. The molecule has 0 fully saturated rings. The maximum atomic E-state index is 14.0. The van der Waals surface area contributed by atoms with Crippen LogP contribution in [0.15, 0.2) is 12.1 Å². The number of amides is 2. The summed E-state index contributed by atoms with van der Waals surface area (Å²) in [5.74, 6) is -1.18. The Hall–Kier alpha value is -1.91. The Morgan fingerprint density at radius 1 is 1.45 bits per heavy atom. The molecule has 0 radical (unpaired) electrons. The molecule has 0 aromatic heterocycles. The number of hydrogen-bond donors (Lipinski definition) is 1. The third-order valence-electron chi connectivity index (χ3n) is 3.77. The monoisotopic (exact) mass is 278 g/mol. The second kappa shape index (κ2) is 5.23. The summed E-state index contributed by atoms with van der Waals surface area (Å²) >= 11 is 0. The van der Waals surface area contributed by atoms with Crippen molar-refractivity contribution in [1.82, 2.24) is 4.90 Å². The van der Waals surface area contributed by atoms with E-state index in [2.05, 4.69) is 0 Å². The van der Waals surface area contributed by atoms with E-state index >= 15 is 0 Å². The first-order valence-electron chi connectivity index (χ1n) is 6.79. The molecule has 5 heteroatoms. The predicted octanol–water partition coefficient (Wildman–Crippen LogP) is 2.17. The quantitative estimate of drug-likeness (QED) is 0.917. The number of carbonyl (C=O) groups excluding carboxylic acids is 2. The molecule has 1 aliphatic heterocycles. The molecule has 1 aromatic rings. The van der Waals surface area contributed by atoms with Crippen LogP contribution in [0.4, 0.5) is 4.39 Å². The smallest absolute Gasteiger partial charge is 0.255 e. The number of halogens is 1. The highest BCUT2D eigenvalue weighted by Gasteiger charge is 2.35. The van der Waals surface area contributed by atoms with Crippen molar-refractivity contribution >= 4 is 11.8 Å². The number of nitrogens with two attached hydrogens (primary N) is 1. The Bertz CT molecular complexity index is 569. The van der Waals surface area contributed by atoms with Crippen LogP contribution < -0.4 is 5.73 Å². The van der Waals surface area contributed by atoms with E-state index in [4.69, 9.17) is 5.73 Å². The van der Waals surface area contributed by atoms with Gasteiger partial charge in [-0.05, 0) is 29.5 Å². The third-order valence-corrected chi connectivity index (χ3v) is 3.77. The molecule has 0 aliphatic carbocycles. The van der Waals surface area contributed by atoms with E-state index in [-0.39, 0.29) is 17.6 Å². The summed E-state index contributed by atoms with van der Waals surface area (Å²) in [5.41, 5.74) is 7.02. The lowest BCUT2D eigenvalue weighted by Gasteiger charge is -2.23. The summed E-state index contributed by atoms with van der Waals surface area (Å²) in [6, 6.07) is 2.36. The lowest BCUT2D eigenvalue weighted by atomic mass is 9.98. The van der Waals surface area contributed by atoms with Crippen LogP contribution in [0.25, 0.3) is 0 Å². The van der Waals surface area contributed by atoms with E-state index in [1.165, 1.54) is 11.0 Å². The molecule has 0 bridgehead atoms. The molecule has 20 heavy (non-hydrogen) atoms. The Morgan fingerprint density at radius 3 is 2.60 bits per heavy atom. The highest BCUT2D eigenvalue weighted by atomic mass is 19.1. The topological polar surface area (TPSA) is 63.4 Å². The molecule has 1 heterocycles. The summed E-state index contributed by atoms with van der Waals surface area (Å²) in [5, 5.41) is 0. The van der Waals surface area contributed by atoms with E-state index in [9.17, 15) is 14.0 Å². The SMILES string of the molecule is CCC(C(N)=O)N1Cc2cc(C(C)C)c(F)cc2C1=O. The highest BCUT2D eigenvalue weighted by Crippen LogP contribution is 2.30. The minimum atomic E-state index is -0.638. The average Bonchev–Trinajstić information content (AvgIpc) is 2.66. The molecule has 1 unspecified atom stereocenters. The first-order chi connectivity index (χ1) is 9.36. The molecular weight excluding hydrogens is 259 g/mol. The van der Waals surface area contributed by atoms with E-state index < -0.39 is 11.9 Å². The van der Waals surface area contributed by atoms with Crippen LogP contribution in [-0.4, -0.2) is 22.8 Å². The van der Waals surface area contributed by atoms with E-state index in [1.54, 1.807) is 13.0 Å². The normalized spacial score (nSPS) is 15.7. The summed E-state index contributed by atoms with van der Waals surface area (Å²) < 4.78 is 14.0. The van der Waals surface area contributed by atoms with Crippen LogP contribution in [0, 0.1) is 5.82 Å². The van der Waals surface area contributed by atoms with Gasteiger partial charge in [0, 0.05) is 12.1 Å². The van der Waals surface area contributed by atoms with Gasteiger partial charge in [-0.25, -0.2) is 4.39 Å². The van der Waals surface area contributed by atoms with Gasteiger partial charge in [-0.15, -0.1) is 0 Å². The van der Waals surface area contributed by atoms with Crippen molar-refractivity contribution in [3.63, 3.8) is 0 Å². The van der Waals surface area contributed by atoms with E-state index in [0.717, 1.165) is 5.56 Å². The Labute approximate surface area is 117 Å². The Kier molecular flexibility index (Phi) is 3.79. The minimum Gasteiger partial charge on any atom is -0.368 e. The first kappa shape index (κ1) is 14.5. The van der Waals surface area contributed by atoms with Gasteiger partial charge in [0.25, 0.3) is 5.91 Å². The van der Waals surface area contributed by atoms with E-state index in [1.807, 2.05) is 13.8 Å². The number of fused-ring (bicyclic) bond motifs is 1. The standard InChI is InChI=1S/C15H19FN2O2/c1-4-13(14(17)19)18-7-9-5-10(8(2)3)12(16)6-11(9)15(18)20/h5-6,8,13H,4,7H2,1-3H3,(H2,17,19). The number of benzene rings is 1. The van der Waals surface area contributed by atoms with Crippen molar-refractivity contribution in [1.29, 1.82) is 0 Å². The molecule has 1 atom stereocenters. The summed E-state index contributed by atoms with van der Waals surface area (Å²) in [7, 11) is 0. The lowest BCUT2D eigenvalue weighted by Crippen LogP contribution is -2.44. The van der Waals surface area contributed by atoms with Crippen LogP contribution in [0.2, 0.25) is 0 Å². The van der Waals surface area contributed by atoms with Crippen molar-refractivity contribution < 1.29 is 14.0 Å². The van der Waals surface area contributed by atoms with Crippen LogP contribution in [0.3, 0.4) is 0 Å². The van der Waals surface area contributed by atoms with Crippen LogP contribution in [0.1, 0.15) is 54.6 Å². The molecule has 0 saturated heterocycles. The number of rotatable bonds is 4. The maximum absolute atomic E-state index is 14.0. The molecule has 2 amide bonds. The molecule has 2 N–H and O–H groups in total. The van der Waals surface area contributed by atoms with Crippen LogP contribution in [-0.2, 0) is 11.3 Å². The van der Waals surface area contributed by atoms with Crippen LogP contribution >= 0.6 is 0 Å². The van der Waals surface area contributed by atoms with Gasteiger partial charge in [-0.1, -0.05) is 26.8 Å². The zero-order chi connectivity index (χ0) is 15.0.